The minimum Gasteiger partial charge on any atom is -0.494 e. The molecule has 0 aliphatic carbocycles. The van der Waals surface area contributed by atoms with E-state index in [1.807, 2.05) is 13.8 Å². The number of hydrogen-bond donors (Lipinski definition) is 1. The van der Waals surface area contributed by atoms with Crippen LogP contribution in [0.3, 0.4) is 0 Å². The molecule has 0 radical (unpaired) electrons. The van der Waals surface area contributed by atoms with E-state index in [0.29, 0.717) is 36.8 Å². The molecule has 138 valence electrons. The molecule has 2 N–H and O–H groups in total. The van der Waals surface area contributed by atoms with Crippen LogP contribution >= 0.6 is 0 Å². The summed E-state index contributed by atoms with van der Waals surface area (Å²) >= 11 is 0. The highest BCUT2D eigenvalue weighted by atomic mass is 16.6. The number of carbonyl (C=O) groups excluding carboxylic acids is 2. The van der Waals surface area contributed by atoms with Crippen LogP contribution in [0.15, 0.2) is 18.2 Å². The molecule has 25 heavy (non-hydrogen) atoms. The van der Waals surface area contributed by atoms with Crippen molar-refractivity contribution in [2.24, 2.45) is 5.73 Å². The van der Waals surface area contributed by atoms with Crippen LogP contribution in [-0.2, 0) is 14.3 Å². The van der Waals surface area contributed by atoms with Crippen molar-refractivity contribution in [2.75, 3.05) is 49.8 Å². The van der Waals surface area contributed by atoms with Gasteiger partial charge in [-0.1, -0.05) is 13.8 Å². The van der Waals surface area contributed by atoms with Gasteiger partial charge in [0.1, 0.15) is 18.5 Å². The number of cyclic esters (lactones) is 1. The van der Waals surface area contributed by atoms with E-state index in [9.17, 15) is 9.59 Å². The van der Waals surface area contributed by atoms with Crippen molar-refractivity contribution < 1.29 is 23.8 Å². The van der Waals surface area contributed by atoms with E-state index in [1.54, 1.807) is 23.1 Å². The van der Waals surface area contributed by atoms with Crippen LogP contribution in [-0.4, -0.2) is 58.1 Å². The van der Waals surface area contributed by atoms with Crippen molar-refractivity contribution in [1.29, 1.82) is 0 Å². The lowest BCUT2D eigenvalue weighted by Gasteiger charge is -2.28. The molecule has 2 aliphatic heterocycles. The summed E-state index contributed by atoms with van der Waals surface area (Å²) < 4.78 is 15.7. The number of rotatable bonds is 4. The van der Waals surface area contributed by atoms with Gasteiger partial charge in [-0.25, -0.2) is 4.79 Å². The summed E-state index contributed by atoms with van der Waals surface area (Å²) in [7, 11) is 1.52. The zero-order valence-corrected chi connectivity index (χ0v) is 14.9. The van der Waals surface area contributed by atoms with Gasteiger partial charge in [0.25, 0.3) is 5.91 Å². The fourth-order valence-electron chi connectivity index (χ4n) is 2.69. The number of carbonyl (C=O) groups is 2. The average molecular weight is 351 g/mol. The molecule has 0 bridgehead atoms. The van der Waals surface area contributed by atoms with Gasteiger partial charge in [-0.15, -0.1) is 0 Å². The van der Waals surface area contributed by atoms with Gasteiger partial charge in [0.15, 0.2) is 0 Å². The van der Waals surface area contributed by atoms with E-state index in [4.69, 9.17) is 19.9 Å². The van der Waals surface area contributed by atoms with Gasteiger partial charge in [0, 0.05) is 24.8 Å². The monoisotopic (exact) mass is 351 g/mol. The average Bonchev–Trinajstić information content (AvgIpc) is 3.04. The van der Waals surface area contributed by atoms with E-state index in [2.05, 4.69) is 0 Å². The third-order valence-electron chi connectivity index (χ3n) is 3.89. The van der Waals surface area contributed by atoms with Gasteiger partial charge in [-0.05, 0) is 12.1 Å². The summed E-state index contributed by atoms with van der Waals surface area (Å²) in [5.41, 5.74) is 6.86. The summed E-state index contributed by atoms with van der Waals surface area (Å²) in [5.74, 6) is 0.395. The van der Waals surface area contributed by atoms with E-state index < -0.39 is 6.09 Å². The highest BCUT2D eigenvalue weighted by Gasteiger charge is 2.33. The number of anilines is 2. The lowest BCUT2D eigenvalue weighted by atomic mass is 10.2. The van der Waals surface area contributed by atoms with Crippen LogP contribution in [0, 0.1) is 0 Å². The molecule has 2 heterocycles. The van der Waals surface area contributed by atoms with E-state index in [0.717, 1.165) is 0 Å². The van der Waals surface area contributed by atoms with Crippen molar-refractivity contribution >= 4 is 23.4 Å². The number of nitrogens with two attached hydrogens (primary N) is 1. The Labute approximate surface area is 147 Å². The SMILES string of the molecule is CC.COc1cc(N2CCOCC2=O)ccc1N1CC(CN)OC1=O. The lowest BCUT2D eigenvalue weighted by molar-refractivity contribution is -0.125. The second-order valence-corrected chi connectivity index (χ2v) is 5.31. The molecule has 1 atom stereocenters. The van der Waals surface area contributed by atoms with Gasteiger partial charge in [-0.2, -0.15) is 0 Å². The van der Waals surface area contributed by atoms with Crippen LogP contribution < -0.4 is 20.3 Å². The summed E-state index contributed by atoms with van der Waals surface area (Å²) in [5, 5.41) is 0. The van der Waals surface area contributed by atoms with Crippen LogP contribution in [0.5, 0.6) is 5.75 Å². The summed E-state index contributed by atoms with van der Waals surface area (Å²) in [6, 6.07) is 5.27. The van der Waals surface area contributed by atoms with E-state index in [-0.39, 0.29) is 25.2 Å². The Hall–Kier alpha value is -2.32. The Bertz CT molecular complexity index is 622. The Kier molecular flexibility index (Phi) is 6.60. The first-order valence-electron chi connectivity index (χ1n) is 8.38. The fraction of sp³-hybridized carbons (Fsp3) is 0.529. The molecule has 0 aromatic heterocycles. The molecule has 2 saturated heterocycles. The smallest absolute Gasteiger partial charge is 0.414 e. The number of amides is 2. The predicted molar refractivity (Wildman–Crippen MR) is 94.2 cm³/mol. The highest BCUT2D eigenvalue weighted by Crippen LogP contribution is 2.35. The Morgan fingerprint density at radius 1 is 1.28 bits per heavy atom. The molecule has 1 aromatic carbocycles. The summed E-state index contributed by atoms with van der Waals surface area (Å²) in [4.78, 5) is 27.0. The molecule has 2 amide bonds. The number of ether oxygens (including phenoxy) is 3. The minimum atomic E-state index is -0.450. The maximum absolute atomic E-state index is 12.0. The molecule has 8 heteroatoms. The first-order valence-corrected chi connectivity index (χ1v) is 8.38. The Balaban J connectivity index is 0.00000109. The normalized spacial score (nSPS) is 20.1. The molecule has 1 aromatic rings. The fourth-order valence-corrected chi connectivity index (χ4v) is 2.69. The van der Waals surface area contributed by atoms with Gasteiger partial charge >= 0.3 is 6.09 Å². The third-order valence-corrected chi connectivity index (χ3v) is 3.89. The molecular weight excluding hydrogens is 326 g/mol. The van der Waals surface area contributed by atoms with Gasteiger partial charge < -0.3 is 24.8 Å². The molecule has 2 aliphatic rings. The molecule has 1 unspecified atom stereocenters. The van der Waals surface area contributed by atoms with Crippen molar-refractivity contribution in [3.63, 3.8) is 0 Å². The van der Waals surface area contributed by atoms with Crippen molar-refractivity contribution in [3.05, 3.63) is 18.2 Å². The number of benzene rings is 1. The molecule has 0 spiro atoms. The quantitative estimate of drug-likeness (QED) is 0.880. The Morgan fingerprint density at radius 2 is 2.04 bits per heavy atom. The largest absolute Gasteiger partial charge is 0.494 e. The second-order valence-electron chi connectivity index (χ2n) is 5.31. The van der Waals surface area contributed by atoms with Crippen LogP contribution in [0.4, 0.5) is 16.2 Å². The topological polar surface area (TPSA) is 94.3 Å². The zero-order valence-electron chi connectivity index (χ0n) is 14.9. The van der Waals surface area contributed by atoms with Crippen LogP contribution in [0.25, 0.3) is 0 Å². The zero-order chi connectivity index (χ0) is 18.4. The molecule has 0 saturated carbocycles. The van der Waals surface area contributed by atoms with Crippen molar-refractivity contribution in [1.82, 2.24) is 0 Å². The van der Waals surface area contributed by atoms with Gasteiger partial charge in [0.2, 0.25) is 0 Å². The number of morpholine rings is 1. The molecular formula is C17H25N3O5. The molecule has 8 nitrogen and oxygen atoms in total. The maximum atomic E-state index is 12.0. The lowest BCUT2D eigenvalue weighted by Crippen LogP contribution is -2.41. The maximum Gasteiger partial charge on any atom is 0.414 e. The third kappa shape index (κ3) is 4.02. The number of methoxy groups -OCH3 is 1. The predicted octanol–water partition coefficient (Wildman–Crippen LogP) is 1.37. The standard InChI is InChI=1S/C15H19N3O5.C2H6/c1-21-13-6-10(17-4-5-22-9-14(17)19)2-3-12(13)18-8-11(7-16)23-15(18)20;1-2/h2-3,6,11H,4-5,7-9,16H2,1H3;1-2H3. The van der Waals surface area contributed by atoms with E-state index >= 15 is 0 Å². The minimum absolute atomic E-state index is 0.0701. The Morgan fingerprint density at radius 3 is 2.64 bits per heavy atom. The second kappa shape index (κ2) is 8.68. The number of nitrogens with zero attached hydrogens (tertiary/aromatic N) is 2. The highest BCUT2D eigenvalue weighted by molar-refractivity contribution is 5.96. The van der Waals surface area contributed by atoms with E-state index in [1.165, 1.54) is 12.0 Å². The first-order chi connectivity index (χ1) is 12.1. The van der Waals surface area contributed by atoms with Gasteiger partial charge in [0.05, 0.1) is 25.9 Å². The summed E-state index contributed by atoms with van der Waals surface area (Å²) in [6.07, 6.45) is -0.776. The van der Waals surface area contributed by atoms with Crippen LogP contribution in [0.2, 0.25) is 0 Å². The molecule has 2 fully saturated rings. The number of hydrogen-bond acceptors (Lipinski definition) is 6. The van der Waals surface area contributed by atoms with Crippen molar-refractivity contribution in [2.45, 2.75) is 20.0 Å². The molecule has 3 rings (SSSR count). The first kappa shape index (κ1) is 19.0. The van der Waals surface area contributed by atoms with Gasteiger partial charge in [-0.3, -0.25) is 9.69 Å². The van der Waals surface area contributed by atoms with Crippen molar-refractivity contribution in [3.8, 4) is 5.75 Å². The summed E-state index contributed by atoms with van der Waals surface area (Å²) in [6.45, 7) is 5.70. The van der Waals surface area contributed by atoms with Crippen LogP contribution in [0.1, 0.15) is 13.8 Å².